The Kier molecular flexibility index (Phi) is 4.06. The Bertz CT molecular complexity index is 1350. The number of hydrogen-bond acceptors (Lipinski definition) is 3. The van der Waals surface area contributed by atoms with E-state index in [0.29, 0.717) is 16.9 Å². The Morgan fingerprint density at radius 3 is 2.03 bits per heavy atom. The maximum absolute atomic E-state index is 13.5. The van der Waals surface area contributed by atoms with Crippen molar-refractivity contribution < 1.29 is 0 Å². The Morgan fingerprint density at radius 1 is 0.759 bits per heavy atom. The van der Waals surface area contributed by atoms with E-state index in [-0.39, 0.29) is 5.56 Å². The molecule has 0 saturated carbocycles. The van der Waals surface area contributed by atoms with Crippen LogP contribution in [0.2, 0.25) is 0 Å². The summed E-state index contributed by atoms with van der Waals surface area (Å²) in [6.45, 7) is 2.04. The molecule has 0 spiro atoms. The molecule has 5 nitrogen and oxygen atoms in total. The first-order valence-corrected chi connectivity index (χ1v) is 9.41. The Hall–Kier alpha value is -3.99. The highest BCUT2D eigenvalue weighted by molar-refractivity contribution is 5.78. The van der Waals surface area contributed by atoms with Crippen LogP contribution in [0, 0.1) is 6.92 Å². The van der Waals surface area contributed by atoms with E-state index in [1.807, 2.05) is 91.9 Å². The highest BCUT2D eigenvalue weighted by Crippen LogP contribution is 2.23. The molecule has 5 aromatic rings. The fraction of sp³-hybridized carbons (Fsp3) is 0.0417. The van der Waals surface area contributed by atoms with Crippen LogP contribution >= 0.6 is 0 Å². The molecule has 5 heteroatoms. The minimum absolute atomic E-state index is 0.140. The van der Waals surface area contributed by atoms with Gasteiger partial charge in [0.25, 0.3) is 5.56 Å². The van der Waals surface area contributed by atoms with Crippen molar-refractivity contribution in [3.05, 3.63) is 107 Å². The molecule has 0 fully saturated rings. The van der Waals surface area contributed by atoms with E-state index in [0.717, 1.165) is 22.5 Å². The van der Waals surface area contributed by atoms with Gasteiger partial charge in [-0.25, -0.2) is 9.67 Å². The summed E-state index contributed by atoms with van der Waals surface area (Å²) in [6.07, 6.45) is 1.59. The smallest absolute Gasteiger partial charge is 0.268 e. The zero-order valence-corrected chi connectivity index (χ0v) is 15.9. The molecule has 2 aromatic heterocycles. The molecule has 0 aliphatic rings. The number of aryl methyl sites for hydroxylation is 1. The van der Waals surface area contributed by atoms with Gasteiger partial charge in [0.05, 0.1) is 17.6 Å². The van der Waals surface area contributed by atoms with Crippen LogP contribution in [-0.4, -0.2) is 19.3 Å². The minimum Gasteiger partial charge on any atom is -0.268 e. The number of nitrogens with zero attached hydrogens (tertiary/aromatic N) is 4. The van der Waals surface area contributed by atoms with Gasteiger partial charge in [0.2, 0.25) is 0 Å². The lowest BCUT2D eigenvalue weighted by molar-refractivity contribution is 0.888. The maximum atomic E-state index is 13.5. The summed E-state index contributed by atoms with van der Waals surface area (Å²) in [5.41, 5.74) is 4.07. The van der Waals surface area contributed by atoms with Crippen LogP contribution in [0.3, 0.4) is 0 Å². The third kappa shape index (κ3) is 2.93. The standard InChI is InChI=1S/C24H18N4O/c1-17-12-14-18(15-13-17)22-26-23-21(16-25-28(23)20-10-6-3-7-11-20)24(29)27(22)19-8-4-2-5-9-19/h2-16H,1H3. The summed E-state index contributed by atoms with van der Waals surface area (Å²) >= 11 is 0. The predicted molar refractivity (Wildman–Crippen MR) is 115 cm³/mol. The van der Waals surface area contributed by atoms with Crippen molar-refractivity contribution in [2.45, 2.75) is 6.92 Å². The molecule has 5 rings (SSSR count). The van der Waals surface area contributed by atoms with Crippen LogP contribution in [-0.2, 0) is 0 Å². The largest absolute Gasteiger partial charge is 0.269 e. The van der Waals surface area contributed by atoms with Crippen LogP contribution < -0.4 is 5.56 Å². The van der Waals surface area contributed by atoms with E-state index in [1.165, 1.54) is 0 Å². The summed E-state index contributed by atoms with van der Waals surface area (Å²) in [5.74, 6) is 0.589. The third-order valence-electron chi connectivity index (χ3n) is 4.93. The van der Waals surface area contributed by atoms with Gasteiger partial charge in [-0.05, 0) is 31.2 Å². The average molecular weight is 378 g/mol. The second-order valence-corrected chi connectivity index (χ2v) is 6.91. The second kappa shape index (κ2) is 6.87. The van der Waals surface area contributed by atoms with E-state index < -0.39 is 0 Å². The first-order chi connectivity index (χ1) is 14.2. The van der Waals surface area contributed by atoms with Gasteiger partial charge in [0.15, 0.2) is 5.65 Å². The molecule has 140 valence electrons. The second-order valence-electron chi connectivity index (χ2n) is 6.91. The van der Waals surface area contributed by atoms with E-state index >= 15 is 0 Å². The third-order valence-corrected chi connectivity index (χ3v) is 4.93. The molecule has 2 heterocycles. The van der Waals surface area contributed by atoms with Crippen molar-refractivity contribution in [2.24, 2.45) is 0 Å². The van der Waals surface area contributed by atoms with Gasteiger partial charge >= 0.3 is 0 Å². The maximum Gasteiger partial charge on any atom is 0.269 e. The van der Waals surface area contributed by atoms with E-state index in [1.54, 1.807) is 15.4 Å². The van der Waals surface area contributed by atoms with E-state index in [2.05, 4.69) is 5.10 Å². The van der Waals surface area contributed by atoms with Crippen molar-refractivity contribution in [3.8, 4) is 22.8 Å². The summed E-state index contributed by atoms with van der Waals surface area (Å²) in [7, 11) is 0. The molecular formula is C24H18N4O. The minimum atomic E-state index is -0.140. The molecule has 3 aromatic carbocycles. The van der Waals surface area contributed by atoms with E-state index in [4.69, 9.17) is 4.98 Å². The lowest BCUT2D eigenvalue weighted by atomic mass is 10.1. The molecule has 0 aliphatic carbocycles. The summed E-state index contributed by atoms with van der Waals surface area (Å²) < 4.78 is 3.37. The van der Waals surface area contributed by atoms with Gasteiger partial charge in [-0.1, -0.05) is 66.2 Å². The monoisotopic (exact) mass is 378 g/mol. The summed E-state index contributed by atoms with van der Waals surface area (Å²) in [6, 6.07) is 27.3. The highest BCUT2D eigenvalue weighted by atomic mass is 16.1. The molecule has 0 amide bonds. The van der Waals surface area contributed by atoms with E-state index in [9.17, 15) is 4.79 Å². The van der Waals surface area contributed by atoms with Crippen molar-refractivity contribution >= 4 is 11.0 Å². The average Bonchev–Trinajstić information content (AvgIpc) is 3.20. The van der Waals surface area contributed by atoms with Crippen molar-refractivity contribution in [1.29, 1.82) is 0 Å². The van der Waals surface area contributed by atoms with Crippen molar-refractivity contribution in [2.75, 3.05) is 0 Å². The van der Waals surface area contributed by atoms with Crippen LogP contribution in [0.1, 0.15) is 5.56 Å². The highest BCUT2D eigenvalue weighted by Gasteiger charge is 2.18. The van der Waals surface area contributed by atoms with Gasteiger partial charge in [-0.3, -0.25) is 9.36 Å². The molecule has 0 unspecified atom stereocenters. The van der Waals surface area contributed by atoms with Crippen molar-refractivity contribution in [3.63, 3.8) is 0 Å². The SMILES string of the molecule is Cc1ccc(-c2nc3c(cnn3-c3ccccc3)c(=O)n2-c2ccccc2)cc1. The first kappa shape index (κ1) is 17.1. The van der Waals surface area contributed by atoms with Crippen molar-refractivity contribution in [1.82, 2.24) is 19.3 Å². The molecule has 0 bridgehead atoms. The molecule has 0 aliphatic heterocycles. The fourth-order valence-corrected chi connectivity index (χ4v) is 3.44. The molecule has 0 atom stereocenters. The Morgan fingerprint density at radius 2 is 1.38 bits per heavy atom. The van der Waals surface area contributed by atoms with Crippen LogP contribution in [0.15, 0.2) is 95.9 Å². The zero-order chi connectivity index (χ0) is 19.8. The van der Waals surface area contributed by atoms with Gasteiger partial charge in [-0.15, -0.1) is 0 Å². The zero-order valence-electron chi connectivity index (χ0n) is 15.9. The van der Waals surface area contributed by atoms with Crippen LogP contribution in [0.4, 0.5) is 0 Å². The number of fused-ring (bicyclic) bond motifs is 1. The number of rotatable bonds is 3. The molecule has 29 heavy (non-hydrogen) atoms. The molecule has 0 N–H and O–H groups in total. The van der Waals surface area contributed by atoms with Gasteiger partial charge in [0, 0.05) is 5.56 Å². The summed E-state index contributed by atoms with van der Waals surface area (Å²) in [5, 5.41) is 4.93. The Labute approximate surface area is 167 Å². The topological polar surface area (TPSA) is 52.7 Å². The Balaban J connectivity index is 1.86. The number of aromatic nitrogens is 4. The number of para-hydroxylation sites is 2. The summed E-state index contributed by atoms with van der Waals surface area (Å²) in [4.78, 5) is 18.4. The normalized spacial score (nSPS) is 11.1. The van der Waals surface area contributed by atoms with Gasteiger partial charge in [-0.2, -0.15) is 5.10 Å². The number of hydrogen-bond donors (Lipinski definition) is 0. The molecular weight excluding hydrogens is 360 g/mol. The first-order valence-electron chi connectivity index (χ1n) is 9.41. The van der Waals surface area contributed by atoms with Crippen LogP contribution in [0.5, 0.6) is 0 Å². The molecule has 0 saturated heterocycles. The van der Waals surface area contributed by atoms with Crippen LogP contribution in [0.25, 0.3) is 33.8 Å². The predicted octanol–water partition coefficient (Wildman–Crippen LogP) is 4.55. The van der Waals surface area contributed by atoms with Gasteiger partial charge in [0.1, 0.15) is 11.2 Å². The fourth-order valence-electron chi connectivity index (χ4n) is 3.44. The lowest BCUT2D eigenvalue weighted by Gasteiger charge is -2.13. The quantitative estimate of drug-likeness (QED) is 0.463. The van der Waals surface area contributed by atoms with Gasteiger partial charge < -0.3 is 0 Å². The molecule has 0 radical (unpaired) electrons. The number of benzene rings is 3. The lowest BCUT2D eigenvalue weighted by Crippen LogP contribution is -2.22.